The summed E-state index contributed by atoms with van der Waals surface area (Å²) in [5.74, 6) is 0. The van der Waals surface area contributed by atoms with Crippen molar-refractivity contribution in [1.29, 1.82) is 0 Å². The molecule has 0 fully saturated rings. The summed E-state index contributed by atoms with van der Waals surface area (Å²) >= 11 is 0. The fourth-order valence-electron chi connectivity index (χ4n) is 4.71. The number of hydrogen-bond donors (Lipinski definition) is 0. The Balaban J connectivity index is 1.65. The predicted octanol–water partition coefficient (Wildman–Crippen LogP) is 10.1. The van der Waals surface area contributed by atoms with Gasteiger partial charge in [0, 0.05) is 0 Å². The number of rotatable bonds is 9. The van der Waals surface area contributed by atoms with Crippen molar-refractivity contribution in [3.05, 3.63) is 106 Å². The Labute approximate surface area is 230 Å². The van der Waals surface area contributed by atoms with Gasteiger partial charge >= 0.3 is 0 Å². The fourth-order valence-corrected chi connectivity index (χ4v) is 7.11. The van der Waals surface area contributed by atoms with Gasteiger partial charge in [-0.15, -0.1) is 7.92 Å². The topological polar surface area (TPSA) is 0 Å². The normalized spacial score (nSPS) is 12.8. The van der Waals surface area contributed by atoms with Crippen molar-refractivity contribution in [2.45, 2.75) is 97.8 Å². The van der Waals surface area contributed by atoms with E-state index in [1.54, 1.807) is 0 Å². The second-order valence-corrected chi connectivity index (χ2v) is 16.6. The van der Waals surface area contributed by atoms with Gasteiger partial charge in [-0.05, 0) is 87.4 Å². The average Bonchev–Trinajstić information content (AvgIpc) is 2.82. The van der Waals surface area contributed by atoms with Crippen molar-refractivity contribution in [2.24, 2.45) is 0 Å². The van der Waals surface area contributed by atoms with E-state index in [2.05, 4.69) is 135 Å². The summed E-state index contributed by atoms with van der Waals surface area (Å²) in [5, 5.41) is 0. The quantitative estimate of drug-likeness (QED) is 0.249. The molecule has 0 amide bonds. The summed E-state index contributed by atoms with van der Waals surface area (Å²) in [6.45, 7) is 20.7. The molecule has 0 aliphatic carbocycles. The molecule has 0 nitrogen and oxygen atoms in total. The first kappa shape index (κ1) is 29.6. The summed E-state index contributed by atoms with van der Waals surface area (Å²) in [7, 11) is -0.0224. The summed E-state index contributed by atoms with van der Waals surface area (Å²) < 4.78 is 0. The molecule has 3 rings (SSSR count). The highest BCUT2D eigenvalue weighted by atomic mass is 31.1. The van der Waals surface area contributed by atoms with Crippen molar-refractivity contribution in [1.82, 2.24) is 0 Å². The molecule has 0 aliphatic heterocycles. The van der Waals surface area contributed by atoms with E-state index < -0.39 is 0 Å². The molecular weight excluding hydrogens is 463 g/mol. The first-order valence-corrected chi connectivity index (χ1v) is 16.1. The van der Waals surface area contributed by atoms with Crippen molar-refractivity contribution in [3.8, 4) is 0 Å². The van der Waals surface area contributed by atoms with Crippen LogP contribution in [-0.2, 0) is 35.5 Å². The highest BCUT2D eigenvalue weighted by Crippen LogP contribution is 2.38. The zero-order chi connectivity index (χ0) is 27.3. The maximum absolute atomic E-state index is 2.37. The first-order valence-electron chi connectivity index (χ1n) is 14.2. The third-order valence-electron chi connectivity index (χ3n) is 7.61. The monoisotopic (exact) mass is 514 g/mol. The molecule has 0 aromatic heterocycles. The van der Waals surface area contributed by atoms with E-state index in [9.17, 15) is 0 Å². The van der Waals surface area contributed by atoms with Crippen LogP contribution >= 0.6 is 7.92 Å². The molecule has 0 radical (unpaired) electrons. The minimum atomic E-state index is -0.0224. The standard InChI is InChI=1S/C36H51P/c1-34(2,3)31-16-10-28(11-17-31)22-25-37(26-23-29-12-18-32(19-13-29)35(4,5)6)27-24-30-14-20-33(21-15-30)36(7,8)9/h10-21H,22-27H2,1-9H3. The van der Waals surface area contributed by atoms with Crippen molar-refractivity contribution in [3.63, 3.8) is 0 Å². The van der Waals surface area contributed by atoms with Crippen LogP contribution in [0.25, 0.3) is 0 Å². The Morgan fingerprint density at radius 2 is 0.595 bits per heavy atom. The minimum absolute atomic E-state index is 0.0224. The molecule has 0 unspecified atom stereocenters. The van der Waals surface area contributed by atoms with Gasteiger partial charge in [0.05, 0.1) is 0 Å². The van der Waals surface area contributed by atoms with Gasteiger partial charge in [0.1, 0.15) is 0 Å². The molecular formula is C36H51P. The van der Waals surface area contributed by atoms with E-state index in [1.807, 2.05) is 0 Å². The van der Waals surface area contributed by atoms with Crippen LogP contribution in [0.2, 0.25) is 0 Å². The second kappa shape index (κ2) is 12.3. The number of benzene rings is 3. The molecule has 0 aliphatic rings. The molecule has 0 N–H and O–H groups in total. The zero-order valence-electron chi connectivity index (χ0n) is 25.1. The summed E-state index contributed by atoms with van der Waals surface area (Å²) in [6, 6.07) is 28.2. The smallest absolute Gasteiger partial charge is 0.0132 e. The van der Waals surface area contributed by atoms with E-state index >= 15 is 0 Å². The molecule has 0 atom stereocenters. The van der Waals surface area contributed by atoms with Crippen LogP contribution < -0.4 is 0 Å². The van der Waals surface area contributed by atoms with Crippen LogP contribution in [0.5, 0.6) is 0 Å². The summed E-state index contributed by atoms with van der Waals surface area (Å²) in [4.78, 5) is 0. The first-order chi connectivity index (χ1) is 17.2. The van der Waals surface area contributed by atoms with Crippen molar-refractivity contribution >= 4 is 7.92 Å². The third kappa shape index (κ3) is 9.41. The van der Waals surface area contributed by atoms with E-state index in [4.69, 9.17) is 0 Å². The van der Waals surface area contributed by atoms with Crippen molar-refractivity contribution < 1.29 is 0 Å². The lowest BCUT2D eigenvalue weighted by Gasteiger charge is -2.22. The molecule has 37 heavy (non-hydrogen) atoms. The van der Waals surface area contributed by atoms with E-state index in [-0.39, 0.29) is 24.2 Å². The van der Waals surface area contributed by atoms with E-state index in [0.29, 0.717) is 0 Å². The van der Waals surface area contributed by atoms with Gasteiger partial charge in [-0.1, -0.05) is 135 Å². The number of aryl methyl sites for hydroxylation is 3. The fraction of sp³-hybridized carbons (Fsp3) is 0.500. The molecule has 0 saturated carbocycles. The minimum Gasteiger partial charge on any atom is -0.106 e. The largest absolute Gasteiger partial charge is 0.106 e. The van der Waals surface area contributed by atoms with Crippen LogP contribution in [0.15, 0.2) is 72.8 Å². The van der Waals surface area contributed by atoms with Crippen LogP contribution in [0.3, 0.4) is 0 Å². The van der Waals surface area contributed by atoms with Gasteiger partial charge in [0.25, 0.3) is 0 Å². The van der Waals surface area contributed by atoms with Crippen LogP contribution in [0.4, 0.5) is 0 Å². The summed E-state index contributed by atoms with van der Waals surface area (Å²) in [5.41, 5.74) is 9.41. The van der Waals surface area contributed by atoms with Crippen LogP contribution in [0.1, 0.15) is 95.7 Å². The average molecular weight is 515 g/mol. The van der Waals surface area contributed by atoms with Gasteiger partial charge in [0.15, 0.2) is 0 Å². The van der Waals surface area contributed by atoms with E-state index in [1.165, 1.54) is 71.1 Å². The lowest BCUT2D eigenvalue weighted by Crippen LogP contribution is -2.11. The molecule has 3 aromatic carbocycles. The Morgan fingerprint density at radius 1 is 0.378 bits per heavy atom. The highest BCUT2D eigenvalue weighted by molar-refractivity contribution is 7.57. The van der Waals surface area contributed by atoms with Crippen LogP contribution in [-0.4, -0.2) is 18.5 Å². The molecule has 0 saturated heterocycles. The van der Waals surface area contributed by atoms with Gasteiger partial charge in [-0.25, -0.2) is 0 Å². The molecule has 1 heteroatoms. The van der Waals surface area contributed by atoms with Crippen molar-refractivity contribution in [2.75, 3.05) is 18.5 Å². The van der Waals surface area contributed by atoms with Gasteiger partial charge in [-0.2, -0.15) is 0 Å². The SMILES string of the molecule is CC(C)(C)c1ccc(CCP(CCc2ccc(C(C)(C)C)cc2)CCc2ccc(C(C)(C)C)cc2)cc1. The van der Waals surface area contributed by atoms with Gasteiger partial charge in [-0.3, -0.25) is 0 Å². The molecule has 200 valence electrons. The molecule has 0 spiro atoms. The Hall–Kier alpha value is -1.91. The third-order valence-corrected chi connectivity index (χ3v) is 10.2. The Morgan fingerprint density at radius 3 is 0.784 bits per heavy atom. The van der Waals surface area contributed by atoms with Crippen LogP contribution in [0, 0.1) is 0 Å². The number of hydrogen-bond acceptors (Lipinski definition) is 0. The van der Waals surface area contributed by atoms with E-state index in [0.717, 1.165) is 0 Å². The maximum atomic E-state index is 2.37. The molecule has 0 bridgehead atoms. The molecule has 3 aromatic rings. The zero-order valence-corrected chi connectivity index (χ0v) is 26.0. The highest BCUT2D eigenvalue weighted by Gasteiger charge is 2.16. The summed E-state index contributed by atoms with van der Waals surface area (Å²) in [6.07, 6.45) is 7.56. The Bertz CT molecular complexity index is 936. The Kier molecular flexibility index (Phi) is 9.85. The lowest BCUT2D eigenvalue weighted by atomic mass is 9.86. The molecule has 0 heterocycles. The second-order valence-electron chi connectivity index (χ2n) is 13.9. The predicted molar refractivity (Wildman–Crippen MR) is 168 cm³/mol. The van der Waals surface area contributed by atoms with Gasteiger partial charge < -0.3 is 0 Å². The maximum Gasteiger partial charge on any atom is -0.0132 e. The lowest BCUT2D eigenvalue weighted by molar-refractivity contribution is 0.589. The van der Waals surface area contributed by atoms with Gasteiger partial charge in [0.2, 0.25) is 0 Å².